The number of furan rings is 1. The number of nitrogens with one attached hydrogen (secondary N) is 2. The van der Waals surface area contributed by atoms with E-state index in [1.54, 1.807) is 43.3 Å². The van der Waals surface area contributed by atoms with Gasteiger partial charge in [0, 0.05) is 31.4 Å². The van der Waals surface area contributed by atoms with Crippen LogP contribution in [-0.2, 0) is 21.3 Å². The maximum atomic E-state index is 13.1. The van der Waals surface area contributed by atoms with E-state index < -0.39 is 31.4 Å². The highest BCUT2D eigenvalue weighted by atomic mass is 32.2. The van der Waals surface area contributed by atoms with Gasteiger partial charge in [-0.2, -0.15) is 9.78 Å². The van der Waals surface area contributed by atoms with Gasteiger partial charge < -0.3 is 23.9 Å². The summed E-state index contributed by atoms with van der Waals surface area (Å²) in [7, 11) is -1.36. The van der Waals surface area contributed by atoms with Crippen molar-refractivity contribution in [3.05, 3.63) is 88.0 Å². The number of nitrogens with zero attached hydrogens (tertiary/aromatic N) is 3. The standard InChI is InChI=1S/C26H27N5O9S/c1-17-24(25(32)27-16-21-5-4-13-39-21)29-30(18-6-9-20(38-3)10-7-18)26(17)40-22-11-8-19(31(33)34)15-23(22)41(35,36)28-12-14-37-2/h4-11,13,15,28H,12,14,16H2,1-3H3,(H,27,32). The zero-order valence-electron chi connectivity index (χ0n) is 22.3. The van der Waals surface area contributed by atoms with E-state index in [9.17, 15) is 23.3 Å². The van der Waals surface area contributed by atoms with E-state index >= 15 is 0 Å². The molecule has 14 nitrogen and oxygen atoms in total. The number of amides is 1. The van der Waals surface area contributed by atoms with Gasteiger partial charge in [0.05, 0.1) is 37.1 Å². The lowest BCUT2D eigenvalue weighted by Gasteiger charge is -2.14. The number of nitro benzene ring substituents is 1. The number of carbonyl (C=O) groups is 1. The van der Waals surface area contributed by atoms with Crippen LogP contribution in [0.4, 0.5) is 5.69 Å². The summed E-state index contributed by atoms with van der Waals surface area (Å²) in [4.78, 5) is 23.3. The van der Waals surface area contributed by atoms with E-state index in [-0.39, 0.29) is 42.6 Å². The molecule has 2 heterocycles. The van der Waals surface area contributed by atoms with Crippen LogP contribution in [0.5, 0.6) is 17.4 Å². The van der Waals surface area contributed by atoms with Crippen molar-refractivity contribution in [2.45, 2.75) is 18.4 Å². The van der Waals surface area contributed by atoms with Gasteiger partial charge in [0.2, 0.25) is 15.9 Å². The Bertz CT molecular complexity index is 1630. The summed E-state index contributed by atoms with van der Waals surface area (Å²) in [5, 5.41) is 18.6. The van der Waals surface area contributed by atoms with E-state index in [0.29, 0.717) is 17.2 Å². The average Bonchev–Trinajstić information content (AvgIpc) is 3.60. The summed E-state index contributed by atoms with van der Waals surface area (Å²) in [5.74, 6) is 0.362. The van der Waals surface area contributed by atoms with Crippen LogP contribution < -0.4 is 19.5 Å². The van der Waals surface area contributed by atoms with Crippen molar-refractivity contribution < 1.29 is 36.8 Å². The molecule has 216 valence electrons. The summed E-state index contributed by atoms with van der Waals surface area (Å²) in [6, 6.07) is 13.3. The van der Waals surface area contributed by atoms with Crippen molar-refractivity contribution in [2.24, 2.45) is 0 Å². The van der Waals surface area contributed by atoms with E-state index in [1.165, 1.54) is 31.2 Å². The van der Waals surface area contributed by atoms with Gasteiger partial charge in [-0.05, 0) is 49.4 Å². The third-order valence-corrected chi connectivity index (χ3v) is 7.32. The van der Waals surface area contributed by atoms with Gasteiger partial charge in [-0.1, -0.05) is 0 Å². The van der Waals surface area contributed by atoms with Gasteiger partial charge in [-0.25, -0.2) is 13.1 Å². The SMILES string of the molecule is COCCNS(=O)(=O)c1cc([N+](=O)[O-])ccc1Oc1c(C)c(C(=O)NCc2ccco2)nn1-c1ccc(OC)cc1. The van der Waals surface area contributed by atoms with Crippen LogP contribution in [-0.4, -0.2) is 56.4 Å². The molecule has 1 amide bonds. The number of aromatic nitrogens is 2. The summed E-state index contributed by atoms with van der Waals surface area (Å²) < 4.78 is 51.4. The van der Waals surface area contributed by atoms with Gasteiger partial charge in [0.1, 0.15) is 22.2 Å². The minimum atomic E-state index is -4.28. The van der Waals surface area contributed by atoms with Crippen molar-refractivity contribution in [1.82, 2.24) is 19.8 Å². The van der Waals surface area contributed by atoms with Gasteiger partial charge in [-0.15, -0.1) is 0 Å². The summed E-state index contributed by atoms with van der Waals surface area (Å²) in [6.45, 7) is 1.68. The lowest BCUT2D eigenvalue weighted by atomic mass is 10.2. The molecule has 0 bridgehead atoms. The lowest BCUT2D eigenvalue weighted by Crippen LogP contribution is -2.27. The minimum absolute atomic E-state index is 0.00640. The van der Waals surface area contributed by atoms with E-state index in [0.717, 1.165) is 12.1 Å². The first-order valence-electron chi connectivity index (χ1n) is 12.1. The molecular weight excluding hydrogens is 558 g/mol. The van der Waals surface area contributed by atoms with Crippen molar-refractivity contribution in [2.75, 3.05) is 27.4 Å². The van der Waals surface area contributed by atoms with E-state index in [1.807, 2.05) is 0 Å². The van der Waals surface area contributed by atoms with Gasteiger partial charge in [0.15, 0.2) is 5.69 Å². The van der Waals surface area contributed by atoms with Crippen LogP contribution in [0.25, 0.3) is 5.69 Å². The Hall–Kier alpha value is -4.73. The zero-order valence-corrected chi connectivity index (χ0v) is 23.1. The fourth-order valence-electron chi connectivity index (χ4n) is 3.74. The van der Waals surface area contributed by atoms with Gasteiger partial charge in [0.25, 0.3) is 11.6 Å². The Morgan fingerprint density at radius 3 is 2.54 bits per heavy atom. The Labute approximate surface area is 235 Å². The Balaban J connectivity index is 1.79. The second-order valence-corrected chi connectivity index (χ2v) is 10.3. The predicted molar refractivity (Wildman–Crippen MR) is 145 cm³/mol. The molecule has 0 atom stereocenters. The summed E-state index contributed by atoms with van der Waals surface area (Å²) in [6.07, 6.45) is 1.48. The number of sulfonamides is 1. The molecule has 15 heteroatoms. The molecule has 0 radical (unpaired) electrons. The second-order valence-electron chi connectivity index (χ2n) is 8.53. The second kappa shape index (κ2) is 12.6. The highest BCUT2D eigenvalue weighted by Gasteiger charge is 2.28. The number of benzene rings is 2. The topological polar surface area (TPSA) is 177 Å². The van der Waals surface area contributed by atoms with Gasteiger partial charge in [-0.3, -0.25) is 14.9 Å². The average molecular weight is 586 g/mol. The third-order valence-electron chi connectivity index (χ3n) is 5.84. The molecule has 2 N–H and O–H groups in total. The number of nitro groups is 1. The third kappa shape index (κ3) is 6.71. The van der Waals surface area contributed by atoms with Crippen LogP contribution in [0, 0.1) is 17.0 Å². The number of carbonyl (C=O) groups excluding carboxylic acids is 1. The molecule has 4 aromatic rings. The zero-order chi connectivity index (χ0) is 29.6. The molecule has 0 aliphatic rings. The summed E-state index contributed by atoms with van der Waals surface area (Å²) >= 11 is 0. The quantitative estimate of drug-likeness (QED) is 0.134. The molecule has 0 fully saturated rings. The van der Waals surface area contributed by atoms with Gasteiger partial charge >= 0.3 is 0 Å². The fraction of sp³-hybridized carbons (Fsp3) is 0.231. The molecule has 2 aromatic heterocycles. The first-order chi connectivity index (χ1) is 19.6. The monoisotopic (exact) mass is 585 g/mol. The van der Waals surface area contributed by atoms with Crippen molar-refractivity contribution in [3.63, 3.8) is 0 Å². The maximum absolute atomic E-state index is 13.1. The highest BCUT2D eigenvalue weighted by Crippen LogP contribution is 2.36. The largest absolute Gasteiger partial charge is 0.497 e. The smallest absolute Gasteiger partial charge is 0.272 e. The lowest BCUT2D eigenvalue weighted by molar-refractivity contribution is -0.385. The number of ether oxygens (including phenoxy) is 3. The van der Waals surface area contributed by atoms with Crippen LogP contribution in [0.1, 0.15) is 21.8 Å². The predicted octanol–water partition coefficient (Wildman–Crippen LogP) is 3.34. The number of rotatable bonds is 13. The summed E-state index contributed by atoms with van der Waals surface area (Å²) in [5.41, 5.74) is 0.306. The molecular formula is C26H27N5O9S. The Kier molecular flexibility index (Phi) is 9.01. The molecule has 2 aromatic carbocycles. The number of hydrogen-bond acceptors (Lipinski definition) is 10. The Morgan fingerprint density at radius 2 is 1.90 bits per heavy atom. The first-order valence-corrected chi connectivity index (χ1v) is 13.6. The molecule has 0 spiro atoms. The molecule has 0 saturated heterocycles. The molecule has 0 unspecified atom stereocenters. The number of non-ortho nitro benzene ring substituents is 1. The molecule has 4 rings (SSSR count). The van der Waals surface area contributed by atoms with E-state index in [4.69, 9.17) is 18.6 Å². The normalized spacial score (nSPS) is 11.3. The molecule has 41 heavy (non-hydrogen) atoms. The van der Waals surface area contributed by atoms with Crippen LogP contribution in [0.3, 0.4) is 0 Å². The Morgan fingerprint density at radius 1 is 1.15 bits per heavy atom. The van der Waals surface area contributed by atoms with Crippen molar-refractivity contribution in [1.29, 1.82) is 0 Å². The van der Waals surface area contributed by atoms with E-state index in [2.05, 4.69) is 15.1 Å². The fourth-order valence-corrected chi connectivity index (χ4v) is 4.90. The number of methoxy groups -OCH3 is 2. The molecule has 0 aliphatic carbocycles. The van der Waals surface area contributed by atoms with Crippen molar-refractivity contribution in [3.8, 4) is 23.1 Å². The minimum Gasteiger partial charge on any atom is -0.497 e. The highest BCUT2D eigenvalue weighted by molar-refractivity contribution is 7.89. The van der Waals surface area contributed by atoms with Crippen LogP contribution in [0.15, 0.2) is 70.2 Å². The van der Waals surface area contributed by atoms with Crippen LogP contribution >= 0.6 is 0 Å². The van der Waals surface area contributed by atoms with Crippen LogP contribution in [0.2, 0.25) is 0 Å². The number of hydrogen-bond donors (Lipinski definition) is 2. The maximum Gasteiger partial charge on any atom is 0.272 e. The van der Waals surface area contributed by atoms with Crippen molar-refractivity contribution >= 4 is 21.6 Å². The molecule has 0 aliphatic heterocycles. The molecule has 0 saturated carbocycles. The first kappa shape index (κ1) is 29.3.